The minimum atomic E-state index is -3.01. The summed E-state index contributed by atoms with van der Waals surface area (Å²) < 4.78 is 22.8. The lowest BCUT2D eigenvalue weighted by Crippen LogP contribution is -2.31. The summed E-state index contributed by atoms with van der Waals surface area (Å²) in [5.41, 5.74) is 3.82. The molecule has 5 atom stereocenters. The van der Waals surface area contributed by atoms with Crippen LogP contribution in [0.4, 0.5) is 0 Å². The summed E-state index contributed by atoms with van der Waals surface area (Å²) >= 11 is 0. The van der Waals surface area contributed by atoms with Crippen molar-refractivity contribution in [3.8, 4) is 0 Å². The van der Waals surface area contributed by atoms with Crippen molar-refractivity contribution < 1.29 is 13.2 Å². The topological polar surface area (TPSA) is 75.6 Å². The second kappa shape index (κ2) is 4.80. The molecule has 4 fully saturated rings. The van der Waals surface area contributed by atoms with E-state index in [1.165, 1.54) is 25.7 Å². The highest BCUT2D eigenvalue weighted by Gasteiger charge is 2.52. The summed E-state index contributed by atoms with van der Waals surface area (Å²) in [4.78, 5) is 12.0. The number of hydrogen-bond acceptors (Lipinski definition) is 4. The number of hydrogen-bond donors (Lipinski definition) is 1. The van der Waals surface area contributed by atoms with Crippen LogP contribution in [0.3, 0.4) is 0 Å². The highest BCUT2D eigenvalue weighted by Crippen LogP contribution is 2.57. The Kier molecular flexibility index (Phi) is 3.14. The fourth-order valence-electron chi connectivity index (χ4n) is 5.16. The summed E-state index contributed by atoms with van der Waals surface area (Å²) in [6, 6.07) is 0. The molecule has 5 nitrogen and oxygen atoms in total. The van der Waals surface area contributed by atoms with Crippen molar-refractivity contribution in [3.63, 3.8) is 0 Å². The Morgan fingerprint density at radius 2 is 2.00 bits per heavy atom. The van der Waals surface area contributed by atoms with E-state index in [0.29, 0.717) is 12.3 Å². The van der Waals surface area contributed by atoms with Gasteiger partial charge in [0.15, 0.2) is 9.84 Å². The smallest absolute Gasteiger partial charge is 0.244 e. The normalized spacial score (nSPS) is 45.1. The average Bonchev–Trinajstić information content (AvgIpc) is 3.15. The quantitative estimate of drug-likeness (QED) is 0.782. The van der Waals surface area contributed by atoms with Gasteiger partial charge >= 0.3 is 0 Å². The number of nitrogens with zero attached hydrogens (tertiary/aromatic N) is 1. The van der Waals surface area contributed by atoms with Gasteiger partial charge in [0.1, 0.15) is 0 Å². The lowest BCUT2D eigenvalue weighted by molar-refractivity contribution is -0.124. The third-order valence-corrected chi connectivity index (χ3v) is 7.88. The van der Waals surface area contributed by atoms with Crippen LogP contribution in [0.25, 0.3) is 0 Å². The van der Waals surface area contributed by atoms with Crippen LogP contribution in [-0.2, 0) is 14.6 Å². The van der Waals surface area contributed by atoms with Crippen molar-refractivity contribution in [3.05, 3.63) is 0 Å². The van der Waals surface area contributed by atoms with Gasteiger partial charge in [-0.05, 0) is 49.9 Å². The molecule has 0 aromatic heterocycles. The number of carbonyl (C=O) groups excluding carboxylic acids is 1. The van der Waals surface area contributed by atoms with E-state index in [-0.39, 0.29) is 17.4 Å². The first-order valence-corrected chi connectivity index (χ1v) is 9.92. The zero-order valence-electron chi connectivity index (χ0n) is 12.1. The number of fused-ring (bicyclic) bond motifs is 5. The molecule has 2 bridgehead atoms. The maximum atomic E-state index is 12.0. The zero-order chi connectivity index (χ0) is 14.6. The lowest BCUT2D eigenvalue weighted by Gasteiger charge is -2.25. The van der Waals surface area contributed by atoms with Crippen molar-refractivity contribution in [1.82, 2.24) is 5.43 Å². The van der Waals surface area contributed by atoms with Crippen LogP contribution in [0, 0.1) is 29.6 Å². The van der Waals surface area contributed by atoms with Crippen LogP contribution in [0.2, 0.25) is 0 Å². The van der Waals surface area contributed by atoms with Crippen LogP contribution < -0.4 is 5.43 Å². The van der Waals surface area contributed by atoms with Gasteiger partial charge in [0.25, 0.3) is 0 Å². The van der Waals surface area contributed by atoms with Crippen molar-refractivity contribution in [2.24, 2.45) is 34.7 Å². The number of carbonyl (C=O) groups is 1. The highest BCUT2D eigenvalue weighted by molar-refractivity contribution is 7.91. The molecule has 1 amide bonds. The molecule has 0 radical (unpaired) electrons. The van der Waals surface area contributed by atoms with Gasteiger partial charge in [-0.3, -0.25) is 4.79 Å². The number of sulfone groups is 1. The second-order valence-corrected chi connectivity index (χ2v) is 9.47. The van der Waals surface area contributed by atoms with E-state index in [0.717, 1.165) is 29.9 Å². The number of rotatable bonds is 2. The van der Waals surface area contributed by atoms with E-state index < -0.39 is 15.8 Å². The molecule has 116 valence electrons. The van der Waals surface area contributed by atoms with Gasteiger partial charge in [0.2, 0.25) is 5.91 Å². The highest BCUT2D eigenvalue weighted by atomic mass is 32.2. The number of amides is 1. The van der Waals surface area contributed by atoms with Crippen LogP contribution in [0.15, 0.2) is 5.10 Å². The largest absolute Gasteiger partial charge is 0.273 e. The molecule has 0 aromatic rings. The van der Waals surface area contributed by atoms with Gasteiger partial charge < -0.3 is 0 Å². The predicted octanol–water partition coefficient (Wildman–Crippen LogP) is 1.35. The van der Waals surface area contributed by atoms with Crippen LogP contribution in [-0.4, -0.2) is 31.5 Å². The molecule has 4 aliphatic rings. The standard InChI is InChI=1S/C15H22N2O3S/c18-15(9-4-5-21(19,20)8-9)17-16-14-7-10-6-13(14)12-3-1-2-11(10)12/h9-13H,1-8H2,(H,17,18). The first kappa shape index (κ1) is 13.7. The Hall–Kier alpha value is -0.910. The minimum Gasteiger partial charge on any atom is -0.273 e. The summed E-state index contributed by atoms with van der Waals surface area (Å²) in [6.07, 6.45) is 6.78. The molecule has 1 aliphatic heterocycles. The van der Waals surface area contributed by atoms with E-state index in [1.54, 1.807) is 0 Å². The molecular weight excluding hydrogens is 288 g/mol. The third kappa shape index (κ3) is 2.31. The molecule has 0 spiro atoms. The molecule has 0 aromatic carbocycles. The van der Waals surface area contributed by atoms with Crippen molar-refractivity contribution in [2.75, 3.05) is 11.5 Å². The Morgan fingerprint density at radius 1 is 1.19 bits per heavy atom. The van der Waals surface area contributed by atoms with Crippen molar-refractivity contribution in [2.45, 2.75) is 38.5 Å². The van der Waals surface area contributed by atoms with E-state index in [9.17, 15) is 13.2 Å². The van der Waals surface area contributed by atoms with E-state index in [4.69, 9.17) is 0 Å². The Bertz CT molecular complexity index is 598. The summed E-state index contributed by atoms with van der Waals surface area (Å²) in [6.45, 7) is 0. The molecule has 1 N–H and O–H groups in total. The maximum absolute atomic E-state index is 12.0. The lowest BCUT2D eigenvalue weighted by atomic mass is 9.81. The molecule has 1 saturated heterocycles. The van der Waals surface area contributed by atoms with Crippen molar-refractivity contribution >= 4 is 21.5 Å². The molecule has 3 saturated carbocycles. The SMILES string of the molecule is O=C(NN=C1CC2CC1C1CCCC21)C1CCS(=O)(=O)C1. The first-order valence-electron chi connectivity index (χ1n) is 8.10. The van der Waals surface area contributed by atoms with Gasteiger partial charge in [0, 0.05) is 11.6 Å². The molecule has 21 heavy (non-hydrogen) atoms. The summed E-state index contributed by atoms with van der Waals surface area (Å²) in [5.74, 6) is 2.57. The average molecular weight is 310 g/mol. The van der Waals surface area contributed by atoms with E-state index >= 15 is 0 Å². The Morgan fingerprint density at radius 3 is 2.76 bits per heavy atom. The van der Waals surface area contributed by atoms with Gasteiger partial charge in [-0.2, -0.15) is 5.10 Å². The van der Waals surface area contributed by atoms with E-state index in [1.807, 2.05) is 0 Å². The van der Waals surface area contributed by atoms with Crippen LogP contribution in [0.5, 0.6) is 0 Å². The number of hydrazone groups is 1. The second-order valence-electron chi connectivity index (χ2n) is 7.24. The maximum Gasteiger partial charge on any atom is 0.244 e. The molecular formula is C15H22N2O3S. The van der Waals surface area contributed by atoms with Crippen molar-refractivity contribution in [1.29, 1.82) is 0 Å². The van der Waals surface area contributed by atoms with Gasteiger partial charge in [-0.25, -0.2) is 13.8 Å². The monoisotopic (exact) mass is 310 g/mol. The Balaban J connectivity index is 1.40. The summed E-state index contributed by atoms with van der Waals surface area (Å²) in [7, 11) is -3.01. The van der Waals surface area contributed by atoms with Crippen LogP contribution in [0.1, 0.15) is 38.5 Å². The van der Waals surface area contributed by atoms with Gasteiger partial charge in [-0.1, -0.05) is 6.42 Å². The third-order valence-electron chi connectivity index (χ3n) is 6.12. The Labute approximate surface area is 125 Å². The van der Waals surface area contributed by atoms with Crippen LogP contribution >= 0.6 is 0 Å². The van der Waals surface area contributed by atoms with E-state index in [2.05, 4.69) is 10.5 Å². The molecule has 6 heteroatoms. The predicted molar refractivity (Wildman–Crippen MR) is 79.4 cm³/mol. The fraction of sp³-hybridized carbons (Fsp3) is 0.867. The zero-order valence-corrected chi connectivity index (χ0v) is 12.9. The fourth-order valence-corrected chi connectivity index (χ4v) is 6.91. The molecule has 4 rings (SSSR count). The minimum absolute atomic E-state index is 0.0135. The molecule has 1 heterocycles. The van der Waals surface area contributed by atoms with Gasteiger partial charge in [0.05, 0.1) is 17.4 Å². The number of nitrogens with one attached hydrogen (secondary N) is 1. The first-order chi connectivity index (χ1) is 10.0. The molecule has 3 aliphatic carbocycles. The molecule has 5 unspecified atom stereocenters. The van der Waals surface area contributed by atoms with Gasteiger partial charge in [-0.15, -0.1) is 0 Å². The summed E-state index contributed by atoms with van der Waals surface area (Å²) in [5, 5.41) is 4.38.